The van der Waals surface area contributed by atoms with Crippen molar-refractivity contribution >= 4 is 17.9 Å². The maximum atomic E-state index is 13.5. The van der Waals surface area contributed by atoms with Crippen molar-refractivity contribution in [3.8, 4) is 29.1 Å². The molecule has 0 spiro atoms. The summed E-state index contributed by atoms with van der Waals surface area (Å²) in [5.41, 5.74) is 4.03. The Balaban J connectivity index is 1.42. The van der Waals surface area contributed by atoms with Crippen molar-refractivity contribution < 1.29 is 28.5 Å². The average Bonchev–Trinajstić information content (AvgIpc) is 3.42. The van der Waals surface area contributed by atoms with Crippen molar-refractivity contribution in [2.24, 2.45) is 0 Å². The van der Waals surface area contributed by atoms with E-state index in [1.165, 1.54) is 5.56 Å². The third-order valence-corrected chi connectivity index (χ3v) is 6.62. The fourth-order valence-electron chi connectivity index (χ4n) is 4.40. The third kappa shape index (κ3) is 5.20. The van der Waals surface area contributed by atoms with E-state index in [1.54, 1.807) is 56.5 Å². The zero-order chi connectivity index (χ0) is 27.5. The molecule has 3 aromatic rings. The molecule has 2 heterocycles. The van der Waals surface area contributed by atoms with E-state index in [0.29, 0.717) is 46.3 Å². The SMILES string of the molecule is COc1cc(/C=C2/C(=O)N(Cc3ccc4c(c3)OCO4)C(=O)C(C#N)=C2C)ccc1OCc1ccc(C)cc1. The highest BCUT2D eigenvalue weighted by Crippen LogP contribution is 2.35. The van der Waals surface area contributed by atoms with E-state index in [1.807, 2.05) is 37.3 Å². The Morgan fingerprint density at radius 2 is 1.67 bits per heavy atom. The number of imide groups is 1. The number of ether oxygens (including phenoxy) is 4. The van der Waals surface area contributed by atoms with Gasteiger partial charge in [0.25, 0.3) is 11.8 Å². The summed E-state index contributed by atoms with van der Waals surface area (Å²) >= 11 is 0. The van der Waals surface area contributed by atoms with Crippen LogP contribution in [0.5, 0.6) is 23.0 Å². The molecule has 0 fully saturated rings. The second-order valence-electron chi connectivity index (χ2n) is 9.24. The molecule has 5 rings (SSSR count). The monoisotopic (exact) mass is 522 g/mol. The first kappa shape index (κ1) is 25.6. The van der Waals surface area contributed by atoms with E-state index in [4.69, 9.17) is 18.9 Å². The van der Waals surface area contributed by atoms with Gasteiger partial charge in [0.1, 0.15) is 18.2 Å². The molecule has 2 aliphatic rings. The number of nitriles is 1. The molecule has 2 aliphatic heterocycles. The summed E-state index contributed by atoms with van der Waals surface area (Å²) < 4.78 is 22.3. The first-order valence-corrected chi connectivity index (χ1v) is 12.3. The van der Waals surface area contributed by atoms with Crippen molar-refractivity contribution in [3.63, 3.8) is 0 Å². The lowest BCUT2D eigenvalue weighted by Crippen LogP contribution is -2.42. The van der Waals surface area contributed by atoms with Crippen LogP contribution in [0, 0.1) is 18.3 Å². The highest BCUT2D eigenvalue weighted by Gasteiger charge is 2.35. The maximum Gasteiger partial charge on any atom is 0.271 e. The van der Waals surface area contributed by atoms with Gasteiger partial charge in [0.2, 0.25) is 6.79 Å². The first-order chi connectivity index (χ1) is 18.9. The van der Waals surface area contributed by atoms with Gasteiger partial charge in [-0.15, -0.1) is 0 Å². The van der Waals surface area contributed by atoms with Gasteiger partial charge >= 0.3 is 0 Å². The first-order valence-electron chi connectivity index (χ1n) is 12.3. The van der Waals surface area contributed by atoms with E-state index in [-0.39, 0.29) is 24.5 Å². The lowest BCUT2D eigenvalue weighted by atomic mass is 9.93. The zero-order valence-corrected chi connectivity index (χ0v) is 21.8. The Morgan fingerprint density at radius 3 is 2.41 bits per heavy atom. The summed E-state index contributed by atoms with van der Waals surface area (Å²) in [6.07, 6.45) is 1.65. The summed E-state index contributed by atoms with van der Waals surface area (Å²) in [5.74, 6) is 1.07. The van der Waals surface area contributed by atoms with Crippen LogP contribution in [-0.2, 0) is 22.7 Å². The number of aryl methyl sites for hydroxylation is 1. The molecule has 8 nitrogen and oxygen atoms in total. The van der Waals surface area contributed by atoms with Crippen LogP contribution in [0.4, 0.5) is 0 Å². The topological polar surface area (TPSA) is 98.1 Å². The molecule has 2 amide bonds. The molecule has 0 radical (unpaired) electrons. The summed E-state index contributed by atoms with van der Waals surface area (Å²) in [7, 11) is 1.54. The highest BCUT2D eigenvalue weighted by atomic mass is 16.7. The molecule has 196 valence electrons. The molecular formula is C31H26N2O6. The van der Waals surface area contributed by atoms with Crippen LogP contribution in [0.2, 0.25) is 0 Å². The minimum Gasteiger partial charge on any atom is -0.493 e. The van der Waals surface area contributed by atoms with Gasteiger partial charge in [-0.2, -0.15) is 5.26 Å². The lowest BCUT2D eigenvalue weighted by Gasteiger charge is -2.27. The van der Waals surface area contributed by atoms with E-state index < -0.39 is 11.8 Å². The molecule has 0 aromatic heterocycles. The Labute approximate surface area is 226 Å². The van der Waals surface area contributed by atoms with Crippen LogP contribution < -0.4 is 18.9 Å². The smallest absolute Gasteiger partial charge is 0.271 e. The normalized spacial score (nSPS) is 15.5. The number of hydrogen-bond acceptors (Lipinski definition) is 7. The number of nitrogens with zero attached hydrogens (tertiary/aromatic N) is 2. The fourth-order valence-corrected chi connectivity index (χ4v) is 4.40. The van der Waals surface area contributed by atoms with Crippen LogP contribution in [0.15, 0.2) is 77.4 Å². The Hall–Kier alpha value is -5.03. The van der Waals surface area contributed by atoms with Crippen LogP contribution in [-0.4, -0.2) is 30.6 Å². The average molecular weight is 523 g/mol. The van der Waals surface area contributed by atoms with Gasteiger partial charge in [-0.3, -0.25) is 14.5 Å². The largest absolute Gasteiger partial charge is 0.493 e. The highest BCUT2D eigenvalue weighted by molar-refractivity contribution is 6.19. The second kappa shape index (κ2) is 10.8. The molecule has 8 heteroatoms. The molecule has 0 aliphatic carbocycles. The fraction of sp³-hybridized carbons (Fsp3) is 0.194. The number of carbonyl (C=O) groups excluding carboxylic acids is 2. The van der Waals surface area contributed by atoms with Gasteiger partial charge in [0.15, 0.2) is 23.0 Å². The van der Waals surface area contributed by atoms with Gasteiger partial charge in [-0.05, 0) is 66.5 Å². The molecule has 3 aromatic carbocycles. The standard InChI is InChI=1S/C31H26N2O6/c1-19-4-6-21(7-5-19)17-37-26-10-8-22(13-28(26)36-3)12-24-20(2)25(15-32)31(35)33(30(24)34)16-23-9-11-27-29(14-23)39-18-38-27/h4-14H,16-18H2,1-3H3/b24-12+. The Kier molecular flexibility index (Phi) is 7.06. The van der Waals surface area contributed by atoms with Crippen molar-refractivity contribution in [2.75, 3.05) is 13.9 Å². The number of methoxy groups -OCH3 is 1. The minimum atomic E-state index is -0.632. The maximum absolute atomic E-state index is 13.5. The molecular weight excluding hydrogens is 496 g/mol. The number of benzene rings is 3. The van der Waals surface area contributed by atoms with Crippen LogP contribution >= 0.6 is 0 Å². The molecule has 0 bridgehead atoms. The van der Waals surface area contributed by atoms with E-state index in [0.717, 1.165) is 10.5 Å². The number of amides is 2. The second-order valence-corrected chi connectivity index (χ2v) is 9.24. The van der Waals surface area contributed by atoms with Crippen molar-refractivity contribution in [1.82, 2.24) is 4.90 Å². The van der Waals surface area contributed by atoms with E-state index >= 15 is 0 Å². The molecule has 0 N–H and O–H groups in total. The van der Waals surface area contributed by atoms with Gasteiger partial charge < -0.3 is 18.9 Å². The van der Waals surface area contributed by atoms with Crippen molar-refractivity contribution in [2.45, 2.75) is 27.0 Å². The molecule has 0 saturated carbocycles. The molecule has 39 heavy (non-hydrogen) atoms. The van der Waals surface area contributed by atoms with Gasteiger partial charge in [-0.25, -0.2) is 0 Å². The number of fused-ring (bicyclic) bond motifs is 1. The summed E-state index contributed by atoms with van der Waals surface area (Å²) in [4.78, 5) is 27.7. The van der Waals surface area contributed by atoms with E-state index in [2.05, 4.69) is 0 Å². The van der Waals surface area contributed by atoms with Crippen LogP contribution in [0.3, 0.4) is 0 Å². The van der Waals surface area contributed by atoms with Gasteiger partial charge in [0.05, 0.1) is 13.7 Å². The third-order valence-electron chi connectivity index (χ3n) is 6.62. The quantitative estimate of drug-likeness (QED) is 0.314. The minimum absolute atomic E-state index is 0.0147. The summed E-state index contributed by atoms with van der Waals surface area (Å²) in [5, 5.41) is 9.73. The molecule has 0 saturated heterocycles. The lowest BCUT2D eigenvalue weighted by molar-refractivity contribution is -0.141. The summed E-state index contributed by atoms with van der Waals surface area (Å²) in [6, 6.07) is 20.6. The predicted molar refractivity (Wildman–Crippen MR) is 143 cm³/mol. The Bertz CT molecular complexity index is 1560. The Morgan fingerprint density at radius 1 is 0.923 bits per heavy atom. The molecule has 0 unspecified atom stereocenters. The van der Waals surface area contributed by atoms with Crippen LogP contribution in [0.1, 0.15) is 29.2 Å². The number of hydrogen-bond donors (Lipinski definition) is 0. The van der Waals surface area contributed by atoms with Gasteiger partial charge in [0, 0.05) is 5.57 Å². The predicted octanol–water partition coefficient (Wildman–Crippen LogP) is 5.10. The van der Waals surface area contributed by atoms with Crippen molar-refractivity contribution in [1.29, 1.82) is 5.26 Å². The van der Waals surface area contributed by atoms with E-state index in [9.17, 15) is 14.9 Å². The van der Waals surface area contributed by atoms with Gasteiger partial charge in [-0.1, -0.05) is 42.0 Å². The number of rotatable bonds is 7. The van der Waals surface area contributed by atoms with Crippen molar-refractivity contribution in [3.05, 3.63) is 99.6 Å². The van der Waals surface area contributed by atoms with Crippen LogP contribution in [0.25, 0.3) is 6.08 Å². The zero-order valence-electron chi connectivity index (χ0n) is 21.8. The summed E-state index contributed by atoms with van der Waals surface area (Å²) in [6.45, 7) is 4.11. The number of carbonyl (C=O) groups is 2. The molecule has 0 atom stereocenters.